The molecular weight excluding hydrogens is 394 g/mol. The Bertz CT molecular complexity index is 1230. The van der Waals surface area contributed by atoms with Crippen molar-refractivity contribution in [2.75, 3.05) is 11.4 Å². The van der Waals surface area contributed by atoms with Gasteiger partial charge in [0.25, 0.3) is 0 Å². The molecule has 1 saturated heterocycles. The minimum absolute atomic E-state index is 0.0459. The maximum absolute atomic E-state index is 12.8. The monoisotopic (exact) mass is 415 g/mol. The first-order valence-electron chi connectivity index (χ1n) is 10.2. The summed E-state index contributed by atoms with van der Waals surface area (Å²) in [4.78, 5) is 19.6. The van der Waals surface area contributed by atoms with Crippen molar-refractivity contribution in [2.24, 2.45) is 0 Å². The van der Waals surface area contributed by atoms with E-state index in [9.17, 15) is 4.79 Å². The Balaban J connectivity index is 1.53. The summed E-state index contributed by atoms with van der Waals surface area (Å²) in [5.74, 6) is 1.14. The van der Waals surface area contributed by atoms with Gasteiger partial charge in [0.05, 0.1) is 11.0 Å². The number of aryl methyl sites for hydroxylation is 1. The molecule has 4 aromatic rings. The molecule has 0 saturated carbocycles. The van der Waals surface area contributed by atoms with Crippen molar-refractivity contribution in [2.45, 2.75) is 25.8 Å². The third kappa shape index (κ3) is 3.37. The van der Waals surface area contributed by atoms with E-state index in [1.54, 1.807) is 0 Å². The van der Waals surface area contributed by atoms with Crippen LogP contribution in [0.2, 0.25) is 5.02 Å². The third-order valence-electron chi connectivity index (χ3n) is 5.90. The highest BCUT2D eigenvalue weighted by molar-refractivity contribution is 6.30. The summed E-state index contributed by atoms with van der Waals surface area (Å²) in [5.41, 5.74) is 5.48. The average molecular weight is 416 g/mol. The zero-order chi connectivity index (χ0) is 20.7. The molecule has 1 aliphatic rings. The van der Waals surface area contributed by atoms with Crippen LogP contribution in [0.15, 0.2) is 72.8 Å². The van der Waals surface area contributed by atoms with E-state index in [0.29, 0.717) is 18.0 Å². The van der Waals surface area contributed by atoms with Crippen LogP contribution in [0, 0.1) is 6.92 Å². The molecule has 3 aromatic carbocycles. The van der Waals surface area contributed by atoms with E-state index in [2.05, 4.69) is 41.8 Å². The number of hydrogen-bond donors (Lipinski definition) is 0. The van der Waals surface area contributed by atoms with Crippen LogP contribution >= 0.6 is 11.6 Å². The lowest BCUT2D eigenvalue weighted by Crippen LogP contribution is -2.24. The fourth-order valence-corrected chi connectivity index (χ4v) is 4.41. The minimum atomic E-state index is 0.0459. The Kier molecular flexibility index (Phi) is 4.80. The molecule has 2 heterocycles. The van der Waals surface area contributed by atoms with Crippen LogP contribution in [0.3, 0.4) is 0 Å². The molecule has 5 rings (SSSR count). The normalized spacial score (nSPS) is 16.5. The van der Waals surface area contributed by atoms with Gasteiger partial charge in [0.1, 0.15) is 5.82 Å². The van der Waals surface area contributed by atoms with Gasteiger partial charge in [-0.05, 0) is 54.4 Å². The van der Waals surface area contributed by atoms with Gasteiger partial charge in [-0.15, -0.1) is 0 Å². The molecule has 0 N–H and O–H groups in total. The third-order valence-corrected chi connectivity index (χ3v) is 6.15. The van der Waals surface area contributed by atoms with E-state index in [1.807, 2.05) is 47.4 Å². The van der Waals surface area contributed by atoms with Gasteiger partial charge >= 0.3 is 0 Å². The number of carbonyl (C=O) groups is 1. The van der Waals surface area contributed by atoms with Gasteiger partial charge in [0.15, 0.2) is 0 Å². The molecule has 1 aliphatic heterocycles. The van der Waals surface area contributed by atoms with E-state index in [4.69, 9.17) is 16.6 Å². The summed E-state index contributed by atoms with van der Waals surface area (Å²) in [6, 6.07) is 24.1. The van der Waals surface area contributed by atoms with Crippen molar-refractivity contribution in [3.05, 3.63) is 94.8 Å². The maximum atomic E-state index is 12.8. The second kappa shape index (κ2) is 7.62. The number of rotatable bonds is 4. The number of anilines is 1. The molecule has 0 unspecified atom stereocenters. The van der Waals surface area contributed by atoms with Crippen molar-refractivity contribution in [3.63, 3.8) is 0 Å². The molecular formula is C25H22ClN3O. The molecule has 0 spiro atoms. The highest BCUT2D eigenvalue weighted by Crippen LogP contribution is 2.34. The van der Waals surface area contributed by atoms with Crippen LogP contribution in [0.5, 0.6) is 0 Å². The Morgan fingerprint density at radius 3 is 2.53 bits per heavy atom. The topological polar surface area (TPSA) is 38.1 Å². The minimum Gasteiger partial charge on any atom is -0.323 e. The number of aromatic nitrogens is 2. The zero-order valence-electron chi connectivity index (χ0n) is 16.8. The van der Waals surface area contributed by atoms with Crippen LogP contribution in [0.4, 0.5) is 5.69 Å². The maximum Gasteiger partial charge on any atom is 0.227 e. The standard InChI is InChI=1S/C25H22ClN3O/c1-17-6-2-3-7-18(17)15-29-23-9-5-4-8-22(23)27-25(29)19-14-24(30)28(16-19)21-12-10-20(26)11-13-21/h2-13,19H,14-16H2,1H3/t19-/m1/s1. The highest BCUT2D eigenvalue weighted by Gasteiger charge is 2.34. The predicted molar refractivity (Wildman–Crippen MR) is 121 cm³/mol. The molecule has 0 radical (unpaired) electrons. The predicted octanol–water partition coefficient (Wildman–Crippen LogP) is 5.57. The van der Waals surface area contributed by atoms with Crippen LogP contribution in [-0.4, -0.2) is 22.0 Å². The SMILES string of the molecule is Cc1ccccc1Cn1c([C@@H]2CC(=O)N(c3ccc(Cl)cc3)C2)nc2ccccc21. The number of para-hydroxylation sites is 2. The quantitative estimate of drug-likeness (QED) is 0.437. The number of imidazole rings is 1. The Labute approximate surface area is 180 Å². The molecule has 30 heavy (non-hydrogen) atoms. The summed E-state index contributed by atoms with van der Waals surface area (Å²) < 4.78 is 2.28. The lowest BCUT2D eigenvalue weighted by molar-refractivity contribution is -0.117. The first-order valence-corrected chi connectivity index (χ1v) is 10.5. The molecule has 0 aliphatic carbocycles. The van der Waals surface area contributed by atoms with Crippen molar-refractivity contribution in [1.82, 2.24) is 9.55 Å². The van der Waals surface area contributed by atoms with Crippen LogP contribution in [0.25, 0.3) is 11.0 Å². The van der Waals surface area contributed by atoms with Crippen molar-refractivity contribution in [3.8, 4) is 0 Å². The Morgan fingerprint density at radius 2 is 1.73 bits per heavy atom. The zero-order valence-corrected chi connectivity index (χ0v) is 17.5. The lowest BCUT2D eigenvalue weighted by atomic mass is 10.1. The molecule has 1 fully saturated rings. The fourth-order valence-electron chi connectivity index (χ4n) is 4.28. The molecule has 1 atom stereocenters. The van der Waals surface area contributed by atoms with E-state index >= 15 is 0 Å². The molecule has 1 aromatic heterocycles. The van der Waals surface area contributed by atoms with E-state index in [-0.39, 0.29) is 11.8 Å². The number of nitrogens with zero attached hydrogens (tertiary/aromatic N) is 3. The molecule has 0 bridgehead atoms. The summed E-state index contributed by atoms with van der Waals surface area (Å²) >= 11 is 6.02. The summed E-state index contributed by atoms with van der Waals surface area (Å²) in [6.45, 7) is 3.50. The Morgan fingerprint density at radius 1 is 1.00 bits per heavy atom. The lowest BCUT2D eigenvalue weighted by Gasteiger charge is -2.18. The second-order valence-corrected chi connectivity index (χ2v) is 8.29. The smallest absolute Gasteiger partial charge is 0.227 e. The number of fused-ring (bicyclic) bond motifs is 1. The number of carbonyl (C=O) groups excluding carboxylic acids is 1. The van der Waals surface area contributed by atoms with Gasteiger partial charge in [-0.1, -0.05) is 48.0 Å². The van der Waals surface area contributed by atoms with Gasteiger partial charge in [-0.25, -0.2) is 4.98 Å². The van der Waals surface area contributed by atoms with Crippen molar-refractivity contribution < 1.29 is 4.79 Å². The van der Waals surface area contributed by atoms with Crippen LogP contribution in [0.1, 0.15) is 29.3 Å². The van der Waals surface area contributed by atoms with E-state index < -0.39 is 0 Å². The van der Waals surface area contributed by atoms with Crippen LogP contribution < -0.4 is 4.90 Å². The largest absolute Gasteiger partial charge is 0.323 e. The number of benzene rings is 3. The fraction of sp³-hybridized carbons (Fsp3) is 0.200. The Hall–Kier alpha value is -3.11. The number of hydrogen-bond acceptors (Lipinski definition) is 2. The average Bonchev–Trinajstić information content (AvgIpc) is 3.31. The molecule has 150 valence electrons. The van der Waals surface area contributed by atoms with Gasteiger partial charge in [0.2, 0.25) is 5.91 Å². The number of amides is 1. The summed E-state index contributed by atoms with van der Waals surface area (Å²) in [5, 5.41) is 0.668. The van der Waals surface area contributed by atoms with Crippen LogP contribution in [-0.2, 0) is 11.3 Å². The summed E-state index contributed by atoms with van der Waals surface area (Å²) in [6.07, 6.45) is 0.458. The van der Waals surface area contributed by atoms with Gasteiger partial charge < -0.3 is 9.47 Å². The first kappa shape index (κ1) is 18.9. The molecule has 5 heteroatoms. The van der Waals surface area contributed by atoms with E-state index in [0.717, 1.165) is 29.1 Å². The molecule has 1 amide bonds. The van der Waals surface area contributed by atoms with Gasteiger partial charge in [-0.2, -0.15) is 0 Å². The van der Waals surface area contributed by atoms with Gasteiger partial charge in [0, 0.05) is 36.1 Å². The van der Waals surface area contributed by atoms with Gasteiger partial charge in [-0.3, -0.25) is 4.79 Å². The van der Waals surface area contributed by atoms with Crippen molar-refractivity contribution in [1.29, 1.82) is 0 Å². The number of halogens is 1. The second-order valence-electron chi connectivity index (χ2n) is 7.85. The highest BCUT2D eigenvalue weighted by atomic mass is 35.5. The first-order chi connectivity index (χ1) is 14.6. The molecule has 4 nitrogen and oxygen atoms in total. The summed E-state index contributed by atoms with van der Waals surface area (Å²) in [7, 11) is 0. The van der Waals surface area contributed by atoms with E-state index in [1.165, 1.54) is 11.1 Å². The van der Waals surface area contributed by atoms with Crippen molar-refractivity contribution >= 4 is 34.2 Å².